The van der Waals surface area contributed by atoms with Crippen molar-refractivity contribution in [1.82, 2.24) is 9.55 Å². The van der Waals surface area contributed by atoms with Gasteiger partial charge in [-0.1, -0.05) is 25.1 Å². The maximum atomic E-state index is 13.9. The zero-order valence-corrected chi connectivity index (χ0v) is 14.6. The number of aliphatic hydroxyl groups excluding tert-OH is 1. The molecule has 3 rings (SSSR count). The van der Waals surface area contributed by atoms with E-state index in [1.54, 1.807) is 37.3 Å². The molecule has 3 N–H and O–H groups in total. The minimum atomic E-state index is -1.78. The Morgan fingerprint density at radius 3 is 2.74 bits per heavy atom. The van der Waals surface area contributed by atoms with Crippen LogP contribution in [0.5, 0.6) is 0 Å². The van der Waals surface area contributed by atoms with Gasteiger partial charge in [-0.15, -0.1) is 0 Å². The SMILES string of the molecule is C[C@@H]1[C@H](n2ccc(N)nc2=O)O[C@](CF)(COC(=O)c2ccccc2)[C@H]1O. The second-order valence-electron chi connectivity index (χ2n) is 6.50. The van der Waals surface area contributed by atoms with Gasteiger partial charge in [-0.05, 0) is 18.2 Å². The minimum absolute atomic E-state index is 0.0380. The average Bonchev–Trinajstić information content (AvgIpc) is 2.92. The molecule has 1 aliphatic rings. The molecule has 2 aromatic rings. The molecule has 9 heteroatoms. The van der Waals surface area contributed by atoms with Gasteiger partial charge in [0.25, 0.3) is 0 Å². The van der Waals surface area contributed by atoms with Gasteiger partial charge < -0.3 is 20.3 Å². The Bertz CT molecular complexity index is 875. The van der Waals surface area contributed by atoms with E-state index in [9.17, 15) is 19.1 Å². The third-order valence-electron chi connectivity index (χ3n) is 4.65. The van der Waals surface area contributed by atoms with Crippen LogP contribution in [0.2, 0.25) is 0 Å². The first kappa shape index (κ1) is 19.0. The van der Waals surface area contributed by atoms with E-state index in [0.29, 0.717) is 5.56 Å². The Hall–Kier alpha value is -2.78. The summed E-state index contributed by atoms with van der Waals surface area (Å²) in [5, 5.41) is 10.6. The molecule has 1 saturated heterocycles. The van der Waals surface area contributed by atoms with E-state index in [-0.39, 0.29) is 5.82 Å². The Balaban J connectivity index is 1.80. The van der Waals surface area contributed by atoms with Gasteiger partial charge in [0.15, 0.2) is 5.60 Å². The number of benzene rings is 1. The number of nitrogen functional groups attached to an aromatic ring is 1. The lowest BCUT2D eigenvalue weighted by molar-refractivity contribution is -0.140. The number of hydrogen-bond donors (Lipinski definition) is 2. The number of halogens is 1. The lowest BCUT2D eigenvalue weighted by Gasteiger charge is -2.28. The van der Waals surface area contributed by atoms with Crippen molar-refractivity contribution in [3.63, 3.8) is 0 Å². The molecule has 1 fully saturated rings. The molecule has 0 amide bonds. The molecule has 0 aliphatic carbocycles. The van der Waals surface area contributed by atoms with Crippen LogP contribution >= 0.6 is 0 Å². The second kappa shape index (κ2) is 7.45. The van der Waals surface area contributed by atoms with Gasteiger partial charge in [0, 0.05) is 12.1 Å². The number of esters is 1. The molecule has 144 valence electrons. The van der Waals surface area contributed by atoms with Crippen LogP contribution in [0.15, 0.2) is 47.4 Å². The zero-order valence-electron chi connectivity index (χ0n) is 14.6. The normalized spacial score (nSPS) is 27.4. The predicted molar refractivity (Wildman–Crippen MR) is 93.6 cm³/mol. The summed E-state index contributed by atoms with van der Waals surface area (Å²) in [5.41, 5.74) is 3.30. The van der Waals surface area contributed by atoms with E-state index in [1.807, 2.05) is 0 Å². The van der Waals surface area contributed by atoms with Gasteiger partial charge in [0.1, 0.15) is 25.3 Å². The Kier molecular flexibility index (Phi) is 5.24. The standard InChI is InChI=1S/C18H20FN3O5/c1-11-14(23)18(9-19,10-26-16(24)12-5-3-2-4-6-12)27-15(11)22-8-7-13(20)21-17(22)25/h2-8,11,14-15,23H,9-10H2,1H3,(H2,20,21,25)/t11-,14-,15+,18+/m0/s1. The van der Waals surface area contributed by atoms with E-state index in [1.165, 1.54) is 12.3 Å². The molecule has 2 heterocycles. The second-order valence-corrected chi connectivity index (χ2v) is 6.50. The number of carbonyl (C=O) groups is 1. The summed E-state index contributed by atoms with van der Waals surface area (Å²) < 4.78 is 25.9. The molecule has 1 aromatic heterocycles. The van der Waals surface area contributed by atoms with Gasteiger partial charge >= 0.3 is 11.7 Å². The summed E-state index contributed by atoms with van der Waals surface area (Å²) >= 11 is 0. The van der Waals surface area contributed by atoms with Gasteiger partial charge in [0.05, 0.1) is 11.7 Å². The largest absolute Gasteiger partial charge is 0.459 e. The first-order valence-electron chi connectivity index (χ1n) is 8.36. The van der Waals surface area contributed by atoms with E-state index in [2.05, 4.69) is 4.98 Å². The van der Waals surface area contributed by atoms with Gasteiger partial charge in [0.2, 0.25) is 0 Å². The molecule has 1 aromatic carbocycles. The van der Waals surface area contributed by atoms with Crippen LogP contribution in [-0.2, 0) is 9.47 Å². The summed E-state index contributed by atoms with van der Waals surface area (Å²) in [5.74, 6) is -1.28. The summed E-state index contributed by atoms with van der Waals surface area (Å²) in [4.78, 5) is 27.8. The number of nitrogens with two attached hydrogens (primary N) is 1. The van der Waals surface area contributed by atoms with Gasteiger partial charge in [-0.2, -0.15) is 4.98 Å². The number of rotatable bonds is 5. The number of aromatic nitrogens is 2. The number of alkyl halides is 1. The molecule has 27 heavy (non-hydrogen) atoms. The van der Waals surface area contributed by atoms with Gasteiger partial charge in [-0.3, -0.25) is 4.57 Å². The fourth-order valence-electron chi connectivity index (χ4n) is 3.10. The van der Waals surface area contributed by atoms with Crippen LogP contribution in [0, 0.1) is 5.92 Å². The zero-order chi connectivity index (χ0) is 19.6. The topological polar surface area (TPSA) is 117 Å². The molecular formula is C18H20FN3O5. The molecule has 0 saturated carbocycles. The molecule has 0 bridgehead atoms. The summed E-state index contributed by atoms with van der Waals surface area (Å²) in [6.07, 6.45) is -0.921. The van der Waals surface area contributed by atoms with Crippen molar-refractivity contribution < 1.29 is 23.8 Å². The first-order chi connectivity index (χ1) is 12.9. The van der Waals surface area contributed by atoms with E-state index < -0.39 is 48.8 Å². The van der Waals surface area contributed by atoms with Gasteiger partial charge in [-0.25, -0.2) is 14.0 Å². The van der Waals surface area contributed by atoms with Crippen molar-refractivity contribution in [2.75, 3.05) is 19.0 Å². The number of nitrogens with zero attached hydrogens (tertiary/aromatic N) is 2. The van der Waals surface area contributed by atoms with E-state index in [4.69, 9.17) is 15.2 Å². The lowest BCUT2D eigenvalue weighted by atomic mass is 9.92. The number of ether oxygens (including phenoxy) is 2. The molecular weight excluding hydrogens is 357 g/mol. The Morgan fingerprint density at radius 2 is 2.11 bits per heavy atom. The first-order valence-corrected chi connectivity index (χ1v) is 8.36. The maximum Gasteiger partial charge on any atom is 0.351 e. The number of anilines is 1. The fourth-order valence-corrected chi connectivity index (χ4v) is 3.10. The van der Waals surface area contributed by atoms with Crippen molar-refractivity contribution in [3.05, 3.63) is 58.6 Å². The average molecular weight is 377 g/mol. The molecule has 8 nitrogen and oxygen atoms in total. The highest BCUT2D eigenvalue weighted by Crippen LogP contribution is 2.41. The van der Waals surface area contributed by atoms with Crippen LogP contribution in [0.1, 0.15) is 23.5 Å². The Morgan fingerprint density at radius 1 is 1.41 bits per heavy atom. The third kappa shape index (κ3) is 3.56. The van der Waals surface area contributed by atoms with Crippen molar-refractivity contribution in [3.8, 4) is 0 Å². The van der Waals surface area contributed by atoms with Crippen molar-refractivity contribution >= 4 is 11.8 Å². The molecule has 0 radical (unpaired) electrons. The highest BCUT2D eigenvalue weighted by atomic mass is 19.1. The minimum Gasteiger partial charge on any atom is -0.459 e. The van der Waals surface area contributed by atoms with E-state index >= 15 is 0 Å². The van der Waals surface area contributed by atoms with Crippen LogP contribution in [0.3, 0.4) is 0 Å². The molecule has 0 spiro atoms. The predicted octanol–water partition coefficient (Wildman–Crippen LogP) is 0.917. The van der Waals surface area contributed by atoms with Crippen molar-refractivity contribution in [2.24, 2.45) is 5.92 Å². The fraction of sp³-hybridized carbons (Fsp3) is 0.389. The van der Waals surface area contributed by atoms with E-state index in [0.717, 1.165) is 4.57 Å². The summed E-state index contributed by atoms with van der Waals surface area (Å²) in [6, 6.07) is 9.59. The molecule has 1 aliphatic heterocycles. The van der Waals surface area contributed by atoms with Crippen LogP contribution < -0.4 is 11.4 Å². The molecule has 0 unspecified atom stereocenters. The van der Waals surface area contributed by atoms with Crippen molar-refractivity contribution in [2.45, 2.75) is 24.9 Å². The van der Waals surface area contributed by atoms with Crippen LogP contribution in [0.25, 0.3) is 0 Å². The molecule has 4 atom stereocenters. The monoisotopic (exact) mass is 377 g/mol. The third-order valence-corrected chi connectivity index (χ3v) is 4.65. The lowest BCUT2D eigenvalue weighted by Crippen LogP contribution is -2.48. The van der Waals surface area contributed by atoms with Crippen molar-refractivity contribution in [1.29, 1.82) is 0 Å². The highest BCUT2D eigenvalue weighted by molar-refractivity contribution is 5.89. The number of aliphatic hydroxyl groups is 1. The summed E-state index contributed by atoms with van der Waals surface area (Å²) in [7, 11) is 0. The smallest absolute Gasteiger partial charge is 0.351 e. The number of hydrogen-bond acceptors (Lipinski definition) is 7. The Labute approximate surface area is 154 Å². The summed E-state index contributed by atoms with van der Waals surface area (Å²) in [6.45, 7) is -0.000822. The van der Waals surface area contributed by atoms with Crippen LogP contribution in [0.4, 0.5) is 10.2 Å². The highest BCUT2D eigenvalue weighted by Gasteiger charge is 2.55. The maximum absolute atomic E-state index is 13.9. The quantitative estimate of drug-likeness (QED) is 0.744. The number of carbonyl (C=O) groups excluding carboxylic acids is 1. The van der Waals surface area contributed by atoms with Crippen LogP contribution in [-0.4, -0.2) is 45.6 Å².